The summed E-state index contributed by atoms with van der Waals surface area (Å²) in [7, 11) is 2.00. The number of likely N-dealkylation sites (N-methyl/N-ethyl adjacent to an activating group) is 1. The van der Waals surface area contributed by atoms with Crippen LogP contribution in [0.5, 0.6) is 0 Å². The maximum absolute atomic E-state index is 13.9. The molecule has 0 aliphatic carbocycles. The van der Waals surface area contributed by atoms with Crippen LogP contribution in [0.4, 0.5) is 14.5 Å². The quantitative estimate of drug-likeness (QED) is 0.835. The predicted molar refractivity (Wildman–Crippen MR) is 76.4 cm³/mol. The molecular weight excluding hydrogens is 268 g/mol. The summed E-state index contributed by atoms with van der Waals surface area (Å²) < 4.78 is 27.8. The van der Waals surface area contributed by atoms with Gasteiger partial charge in [0.1, 0.15) is 22.3 Å². The first kappa shape index (κ1) is 14.1. The van der Waals surface area contributed by atoms with Gasteiger partial charge in [-0.05, 0) is 38.6 Å². The molecule has 1 heterocycles. The maximum atomic E-state index is 13.9. The number of rotatable bonds is 3. The van der Waals surface area contributed by atoms with Gasteiger partial charge in [-0.25, -0.2) is 8.78 Å². The van der Waals surface area contributed by atoms with Crippen LogP contribution in [0.3, 0.4) is 0 Å². The topological polar surface area (TPSA) is 41.3 Å². The molecule has 104 valence electrons. The smallest absolute Gasteiger partial charge is 0.150 e. The van der Waals surface area contributed by atoms with E-state index >= 15 is 0 Å². The van der Waals surface area contributed by atoms with E-state index < -0.39 is 11.6 Å². The van der Waals surface area contributed by atoms with Crippen LogP contribution in [-0.2, 0) is 0 Å². The number of nitrogens with zero attached hydrogens (tertiary/aromatic N) is 1. The third kappa shape index (κ3) is 3.39. The van der Waals surface area contributed by atoms with E-state index in [-0.39, 0.29) is 22.3 Å². The molecule has 0 saturated carbocycles. The van der Waals surface area contributed by atoms with Crippen LogP contribution in [0, 0.1) is 11.6 Å². The van der Waals surface area contributed by atoms with Crippen LogP contribution in [-0.4, -0.2) is 36.1 Å². The molecule has 0 amide bonds. The molecule has 2 rings (SSSR count). The number of anilines is 1. The minimum Gasteiger partial charge on any atom is -0.389 e. The zero-order chi connectivity index (χ0) is 14.0. The highest BCUT2D eigenvalue weighted by Gasteiger charge is 2.20. The summed E-state index contributed by atoms with van der Waals surface area (Å²) in [6, 6.07) is 2.39. The molecule has 0 bridgehead atoms. The number of likely N-dealkylation sites (tertiary alicyclic amines) is 1. The summed E-state index contributed by atoms with van der Waals surface area (Å²) in [5.41, 5.74) is 5.48. The fourth-order valence-electron chi connectivity index (χ4n) is 2.34. The summed E-state index contributed by atoms with van der Waals surface area (Å²) in [6.07, 6.45) is 1.92. The number of thiocarbonyl (C=S) groups is 1. The zero-order valence-corrected chi connectivity index (χ0v) is 11.6. The summed E-state index contributed by atoms with van der Waals surface area (Å²) in [5, 5.41) is 2.94. The Balaban J connectivity index is 2.18. The molecule has 1 aromatic rings. The van der Waals surface area contributed by atoms with E-state index in [0.29, 0.717) is 0 Å². The summed E-state index contributed by atoms with van der Waals surface area (Å²) in [6.45, 7) is 1.79. The molecule has 3 nitrogen and oxygen atoms in total. The Hall–Kier alpha value is -1.27. The molecule has 1 atom stereocenters. The van der Waals surface area contributed by atoms with Gasteiger partial charge < -0.3 is 16.0 Å². The lowest BCUT2D eigenvalue weighted by atomic mass is 10.1. The number of nitrogens with two attached hydrogens (primary N) is 1. The molecule has 0 spiro atoms. The fraction of sp³-hybridized carbons (Fsp3) is 0.462. The summed E-state index contributed by atoms with van der Waals surface area (Å²) in [4.78, 5) is 2.13. The largest absolute Gasteiger partial charge is 0.389 e. The predicted octanol–water partition coefficient (Wildman–Crippen LogP) is 2.11. The van der Waals surface area contributed by atoms with Crippen molar-refractivity contribution in [1.29, 1.82) is 0 Å². The van der Waals surface area contributed by atoms with E-state index in [1.165, 1.54) is 12.1 Å². The van der Waals surface area contributed by atoms with Gasteiger partial charge >= 0.3 is 0 Å². The number of hydrogen-bond acceptors (Lipinski definition) is 3. The van der Waals surface area contributed by atoms with E-state index in [1.54, 1.807) is 0 Å². The van der Waals surface area contributed by atoms with Crippen LogP contribution in [0.25, 0.3) is 0 Å². The van der Waals surface area contributed by atoms with E-state index in [9.17, 15) is 8.78 Å². The van der Waals surface area contributed by atoms with Crippen molar-refractivity contribution in [2.75, 3.05) is 25.5 Å². The Labute approximate surface area is 116 Å². The monoisotopic (exact) mass is 285 g/mol. The van der Waals surface area contributed by atoms with Crippen LogP contribution in [0.15, 0.2) is 12.1 Å². The van der Waals surface area contributed by atoms with Gasteiger partial charge in [0.15, 0.2) is 0 Å². The normalized spacial score (nSPS) is 20.3. The molecule has 0 aromatic heterocycles. The van der Waals surface area contributed by atoms with Gasteiger partial charge in [-0.2, -0.15) is 0 Å². The standard InChI is InChI=1S/C13H17F2N3S/c1-18-4-2-3-9(7-18)17-12-10(14)5-8(13(16)19)6-11(12)15/h5-6,9,17H,2-4,7H2,1H3,(H2,16,19). The molecule has 1 unspecified atom stereocenters. The van der Waals surface area contributed by atoms with Crippen molar-refractivity contribution in [3.63, 3.8) is 0 Å². The first-order chi connectivity index (χ1) is 8.97. The van der Waals surface area contributed by atoms with Gasteiger partial charge in [-0.1, -0.05) is 12.2 Å². The molecule has 19 heavy (non-hydrogen) atoms. The Morgan fingerprint density at radius 3 is 2.58 bits per heavy atom. The molecule has 1 fully saturated rings. The summed E-state index contributed by atoms with van der Waals surface area (Å²) in [5.74, 6) is -1.31. The highest BCUT2D eigenvalue weighted by molar-refractivity contribution is 7.80. The average molecular weight is 285 g/mol. The molecule has 3 N–H and O–H groups in total. The molecule has 6 heteroatoms. The van der Waals surface area contributed by atoms with Crippen molar-refractivity contribution in [2.24, 2.45) is 5.73 Å². The van der Waals surface area contributed by atoms with Gasteiger partial charge in [0.25, 0.3) is 0 Å². The maximum Gasteiger partial charge on any atom is 0.150 e. The van der Waals surface area contributed by atoms with Crippen LogP contribution in [0.1, 0.15) is 18.4 Å². The molecule has 1 aromatic carbocycles. The van der Waals surface area contributed by atoms with Crippen molar-refractivity contribution < 1.29 is 8.78 Å². The number of halogens is 2. The lowest BCUT2D eigenvalue weighted by Crippen LogP contribution is -2.40. The first-order valence-electron chi connectivity index (χ1n) is 6.21. The van der Waals surface area contributed by atoms with Crippen molar-refractivity contribution >= 4 is 22.9 Å². The van der Waals surface area contributed by atoms with Gasteiger partial charge in [0.05, 0.1) is 0 Å². The average Bonchev–Trinajstić information content (AvgIpc) is 2.33. The van der Waals surface area contributed by atoms with Gasteiger partial charge in [-0.3, -0.25) is 0 Å². The third-order valence-corrected chi connectivity index (χ3v) is 3.54. The fourth-order valence-corrected chi connectivity index (χ4v) is 2.46. The molecule has 1 aliphatic heterocycles. The van der Waals surface area contributed by atoms with E-state index in [0.717, 1.165) is 25.9 Å². The highest BCUT2D eigenvalue weighted by Crippen LogP contribution is 2.23. The lowest BCUT2D eigenvalue weighted by molar-refractivity contribution is 0.260. The van der Waals surface area contributed by atoms with Gasteiger partial charge in [0.2, 0.25) is 0 Å². The highest BCUT2D eigenvalue weighted by atomic mass is 32.1. The minimum atomic E-state index is -0.656. The lowest BCUT2D eigenvalue weighted by Gasteiger charge is -2.31. The molecule has 1 aliphatic rings. The minimum absolute atomic E-state index is 0.0123. The van der Waals surface area contributed by atoms with Crippen molar-refractivity contribution in [3.8, 4) is 0 Å². The Bertz CT molecular complexity index is 470. The summed E-state index contributed by atoms with van der Waals surface area (Å²) >= 11 is 4.72. The van der Waals surface area contributed by atoms with E-state index in [4.69, 9.17) is 18.0 Å². The first-order valence-corrected chi connectivity index (χ1v) is 6.62. The second-order valence-electron chi connectivity index (χ2n) is 4.92. The van der Waals surface area contributed by atoms with Crippen molar-refractivity contribution in [2.45, 2.75) is 18.9 Å². The Morgan fingerprint density at radius 2 is 2.05 bits per heavy atom. The molecule has 1 saturated heterocycles. The zero-order valence-electron chi connectivity index (χ0n) is 10.7. The Kier molecular flexibility index (Phi) is 4.31. The number of hydrogen-bond donors (Lipinski definition) is 2. The van der Waals surface area contributed by atoms with E-state index in [1.807, 2.05) is 7.05 Å². The Morgan fingerprint density at radius 1 is 1.42 bits per heavy atom. The van der Waals surface area contributed by atoms with Crippen molar-refractivity contribution in [1.82, 2.24) is 4.90 Å². The third-order valence-electron chi connectivity index (χ3n) is 3.30. The van der Waals surface area contributed by atoms with Crippen LogP contribution < -0.4 is 11.1 Å². The molecular formula is C13H17F2N3S. The van der Waals surface area contributed by atoms with Gasteiger partial charge in [-0.15, -0.1) is 0 Å². The second kappa shape index (κ2) is 5.79. The SMILES string of the molecule is CN1CCCC(Nc2c(F)cc(C(N)=S)cc2F)C1. The van der Waals surface area contributed by atoms with Crippen LogP contribution in [0.2, 0.25) is 0 Å². The number of piperidine rings is 1. The van der Waals surface area contributed by atoms with Crippen LogP contribution >= 0.6 is 12.2 Å². The number of benzene rings is 1. The van der Waals surface area contributed by atoms with Crippen molar-refractivity contribution in [3.05, 3.63) is 29.3 Å². The molecule has 0 radical (unpaired) electrons. The van der Waals surface area contributed by atoms with E-state index in [2.05, 4.69) is 10.2 Å². The van der Waals surface area contributed by atoms with Gasteiger partial charge in [0, 0.05) is 18.2 Å². The second-order valence-corrected chi connectivity index (χ2v) is 5.36. The number of nitrogens with one attached hydrogen (secondary N) is 1.